The highest BCUT2D eigenvalue weighted by molar-refractivity contribution is 5.23. The van der Waals surface area contributed by atoms with Gasteiger partial charge in [-0.15, -0.1) is 0 Å². The molecule has 0 heterocycles. The van der Waals surface area contributed by atoms with Crippen LogP contribution in [0.15, 0.2) is 30.3 Å². The zero-order valence-electron chi connectivity index (χ0n) is 7.91. The van der Waals surface area contributed by atoms with Crippen LogP contribution in [0.2, 0.25) is 0 Å². The second-order valence-electron chi connectivity index (χ2n) is 2.26. The van der Waals surface area contributed by atoms with E-state index in [4.69, 9.17) is 5.26 Å². The van der Waals surface area contributed by atoms with Crippen LogP contribution >= 0.6 is 0 Å². The van der Waals surface area contributed by atoms with Crippen LogP contribution in [0.25, 0.3) is 0 Å². The third-order valence-corrected chi connectivity index (χ3v) is 1.49. The van der Waals surface area contributed by atoms with Crippen LogP contribution in [-0.4, -0.2) is 0 Å². The van der Waals surface area contributed by atoms with E-state index < -0.39 is 0 Å². The molecule has 0 N–H and O–H groups in total. The van der Waals surface area contributed by atoms with Gasteiger partial charge >= 0.3 is 0 Å². The van der Waals surface area contributed by atoms with Crippen LogP contribution in [-0.2, 0) is 0 Å². The smallest absolute Gasteiger partial charge is 0.0700 e. The van der Waals surface area contributed by atoms with E-state index in [1.807, 2.05) is 51.1 Å². The van der Waals surface area contributed by atoms with Gasteiger partial charge in [-0.2, -0.15) is 5.26 Å². The summed E-state index contributed by atoms with van der Waals surface area (Å²) in [7, 11) is 0. The molecule has 64 valence electrons. The van der Waals surface area contributed by atoms with Crippen molar-refractivity contribution in [1.29, 1.82) is 5.26 Å². The molecule has 0 fully saturated rings. The van der Waals surface area contributed by atoms with Crippen molar-refractivity contribution >= 4 is 0 Å². The largest absolute Gasteiger partial charge is 0.198 e. The minimum absolute atomic E-state index is 0.0150. The second-order valence-corrected chi connectivity index (χ2v) is 2.26. The molecule has 0 spiro atoms. The molecule has 1 rings (SSSR count). The van der Waals surface area contributed by atoms with Gasteiger partial charge in [-0.05, 0) is 12.5 Å². The molecule has 1 nitrogen and oxygen atoms in total. The summed E-state index contributed by atoms with van der Waals surface area (Å²) in [6, 6.07) is 12.0. The van der Waals surface area contributed by atoms with Gasteiger partial charge in [-0.3, -0.25) is 0 Å². The monoisotopic (exact) mass is 161 g/mol. The fourth-order valence-electron chi connectivity index (χ4n) is 0.816. The number of rotatable bonds is 1. The van der Waals surface area contributed by atoms with Crippen molar-refractivity contribution in [3.63, 3.8) is 0 Å². The minimum atomic E-state index is 0.0150. The molecule has 0 aromatic heterocycles. The lowest BCUT2D eigenvalue weighted by Crippen LogP contribution is -1.86. The highest BCUT2D eigenvalue weighted by Crippen LogP contribution is 2.11. The van der Waals surface area contributed by atoms with Gasteiger partial charge < -0.3 is 0 Å². The highest BCUT2D eigenvalue weighted by atomic mass is 14.3. The van der Waals surface area contributed by atoms with Crippen molar-refractivity contribution in [2.24, 2.45) is 0 Å². The van der Waals surface area contributed by atoms with Crippen molar-refractivity contribution in [3.05, 3.63) is 35.9 Å². The van der Waals surface area contributed by atoms with Crippen LogP contribution in [0, 0.1) is 11.3 Å². The first-order valence-corrected chi connectivity index (χ1v) is 4.29. The Bertz CT molecular complexity index is 233. The number of hydrogen-bond acceptors (Lipinski definition) is 1. The molecule has 0 aliphatic carbocycles. The lowest BCUT2D eigenvalue weighted by molar-refractivity contribution is 0.982. The van der Waals surface area contributed by atoms with Gasteiger partial charge in [-0.1, -0.05) is 44.2 Å². The second kappa shape index (κ2) is 6.42. The van der Waals surface area contributed by atoms with Crippen molar-refractivity contribution in [3.8, 4) is 6.07 Å². The average Bonchev–Trinajstić information content (AvgIpc) is 2.21. The molecule has 0 bridgehead atoms. The molecule has 0 aliphatic rings. The molecule has 1 aromatic rings. The zero-order chi connectivity index (χ0) is 9.40. The van der Waals surface area contributed by atoms with Gasteiger partial charge in [0.2, 0.25) is 0 Å². The molecule has 1 aromatic carbocycles. The topological polar surface area (TPSA) is 23.8 Å². The SMILES string of the molecule is CC.CC(C#N)c1ccccc1. The summed E-state index contributed by atoms with van der Waals surface area (Å²) >= 11 is 0. The van der Waals surface area contributed by atoms with E-state index in [9.17, 15) is 0 Å². The van der Waals surface area contributed by atoms with E-state index >= 15 is 0 Å². The Hall–Kier alpha value is -1.29. The first-order chi connectivity index (χ1) is 5.84. The predicted molar refractivity (Wildman–Crippen MR) is 51.8 cm³/mol. The fourth-order valence-corrected chi connectivity index (χ4v) is 0.816. The zero-order valence-corrected chi connectivity index (χ0v) is 7.91. The van der Waals surface area contributed by atoms with Crippen molar-refractivity contribution in [2.75, 3.05) is 0 Å². The molecule has 1 heteroatoms. The van der Waals surface area contributed by atoms with Gasteiger partial charge in [0.1, 0.15) is 0 Å². The summed E-state index contributed by atoms with van der Waals surface area (Å²) in [5.74, 6) is 0.0150. The Morgan fingerprint density at radius 1 is 1.17 bits per heavy atom. The van der Waals surface area contributed by atoms with Gasteiger partial charge in [0.25, 0.3) is 0 Å². The summed E-state index contributed by atoms with van der Waals surface area (Å²) in [6.07, 6.45) is 0. The van der Waals surface area contributed by atoms with E-state index in [0.717, 1.165) is 5.56 Å². The molecule has 1 atom stereocenters. The van der Waals surface area contributed by atoms with E-state index in [1.165, 1.54) is 0 Å². The quantitative estimate of drug-likeness (QED) is 0.619. The highest BCUT2D eigenvalue weighted by Gasteiger charge is 1.99. The number of benzene rings is 1. The fraction of sp³-hybridized carbons (Fsp3) is 0.364. The maximum atomic E-state index is 8.54. The lowest BCUT2D eigenvalue weighted by Gasteiger charge is -1.99. The summed E-state index contributed by atoms with van der Waals surface area (Å²) < 4.78 is 0. The number of nitriles is 1. The molecule has 0 amide bonds. The molecule has 0 saturated carbocycles. The minimum Gasteiger partial charge on any atom is -0.198 e. The molecule has 0 aliphatic heterocycles. The van der Waals surface area contributed by atoms with Crippen molar-refractivity contribution < 1.29 is 0 Å². The van der Waals surface area contributed by atoms with E-state index in [0.29, 0.717) is 0 Å². The van der Waals surface area contributed by atoms with Gasteiger partial charge in [-0.25, -0.2) is 0 Å². The van der Waals surface area contributed by atoms with Gasteiger partial charge in [0.05, 0.1) is 12.0 Å². The summed E-state index contributed by atoms with van der Waals surface area (Å²) in [4.78, 5) is 0. The molecule has 0 saturated heterocycles. The van der Waals surface area contributed by atoms with Crippen LogP contribution in [0.5, 0.6) is 0 Å². The first kappa shape index (κ1) is 10.7. The molecular weight excluding hydrogens is 146 g/mol. The number of nitrogens with zero attached hydrogens (tertiary/aromatic N) is 1. The Labute approximate surface area is 74.7 Å². The third kappa shape index (κ3) is 3.21. The van der Waals surface area contributed by atoms with E-state index in [2.05, 4.69) is 6.07 Å². The molecule has 0 radical (unpaired) electrons. The Kier molecular flexibility index (Phi) is 5.73. The third-order valence-electron chi connectivity index (χ3n) is 1.49. The summed E-state index contributed by atoms with van der Waals surface area (Å²) in [5.41, 5.74) is 1.09. The maximum absolute atomic E-state index is 8.54. The van der Waals surface area contributed by atoms with Crippen LogP contribution in [0.3, 0.4) is 0 Å². The first-order valence-electron chi connectivity index (χ1n) is 4.29. The molecule has 12 heavy (non-hydrogen) atoms. The summed E-state index contributed by atoms with van der Waals surface area (Å²) in [5, 5.41) is 8.54. The maximum Gasteiger partial charge on any atom is 0.0700 e. The van der Waals surface area contributed by atoms with Gasteiger partial charge in [0, 0.05) is 0 Å². The van der Waals surface area contributed by atoms with Gasteiger partial charge in [0.15, 0.2) is 0 Å². The summed E-state index contributed by atoms with van der Waals surface area (Å²) in [6.45, 7) is 5.90. The lowest BCUT2D eigenvalue weighted by atomic mass is 10.0. The average molecular weight is 161 g/mol. The Balaban J connectivity index is 0.000000561. The van der Waals surface area contributed by atoms with E-state index in [1.54, 1.807) is 0 Å². The standard InChI is InChI=1S/C9H9N.C2H6/c1-8(7-10)9-5-3-2-4-6-9;1-2/h2-6,8H,1H3;1-2H3. The van der Waals surface area contributed by atoms with E-state index in [-0.39, 0.29) is 5.92 Å². The normalized spacial score (nSPS) is 10.5. The van der Waals surface area contributed by atoms with Crippen LogP contribution in [0.1, 0.15) is 32.3 Å². The van der Waals surface area contributed by atoms with Crippen LogP contribution < -0.4 is 0 Å². The Morgan fingerprint density at radius 3 is 2.08 bits per heavy atom. The predicted octanol–water partition coefficient (Wildman–Crippen LogP) is 3.34. The van der Waals surface area contributed by atoms with Crippen molar-refractivity contribution in [1.82, 2.24) is 0 Å². The number of hydrogen-bond donors (Lipinski definition) is 0. The van der Waals surface area contributed by atoms with Crippen molar-refractivity contribution in [2.45, 2.75) is 26.7 Å². The molecule has 1 unspecified atom stereocenters. The van der Waals surface area contributed by atoms with Crippen LogP contribution in [0.4, 0.5) is 0 Å². The Morgan fingerprint density at radius 2 is 1.67 bits per heavy atom. The molecular formula is C11H15N.